The first kappa shape index (κ1) is 19.9. The number of fused-ring (bicyclic) bond motifs is 1. The highest BCUT2D eigenvalue weighted by Gasteiger charge is 2.28. The highest BCUT2D eigenvalue weighted by molar-refractivity contribution is 7.10. The van der Waals surface area contributed by atoms with E-state index in [-0.39, 0.29) is 0 Å². The van der Waals surface area contributed by atoms with Crippen molar-refractivity contribution in [2.75, 3.05) is 26.2 Å². The molecule has 31 heavy (non-hydrogen) atoms. The molecule has 1 saturated carbocycles. The van der Waals surface area contributed by atoms with E-state index in [4.69, 9.17) is 9.97 Å². The molecule has 164 valence electrons. The fraction of sp³-hybridized carbons (Fsp3) is 0.600. The molecule has 0 bridgehead atoms. The number of piperidine rings is 1. The lowest BCUT2D eigenvalue weighted by Crippen LogP contribution is -2.86. The fourth-order valence-corrected chi connectivity index (χ4v) is 7.10. The minimum atomic E-state index is 0.647. The van der Waals surface area contributed by atoms with Gasteiger partial charge in [-0.1, -0.05) is 0 Å². The minimum absolute atomic E-state index is 0.647. The standard InChI is InChI=1S/C25H33N5S/c1-2-12-30(11-1)20-5-3-17(4-6-20)19-13-21-22(15-28-24(21)27-14-19)23-16-31-25(29-23)18-7-9-26-10-8-18/h13-18,20,26H,1-12H2,(H,27,28)/p+1. The molecular formula is C25H34N5S+. The summed E-state index contributed by atoms with van der Waals surface area (Å²) in [6.45, 7) is 5.12. The van der Waals surface area contributed by atoms with Gasteiger partial charge in [0.05, 0.1) is 23.8 Å². The molecule has 6 rings (SSSR count). The molecule has 3 fully saturated rings. The lowest BCUT2D eigenvalue weighted by atomic mass is 9.81. The lowest BCUT2D eigenvalue weighted by molar-refractivity contribution is -0.663. The molecule has 3 aliphatic rings. The van der Waals surface area contributed by atoms with E-state index in [1.807, 2.05) is 11.3 Å². The summed E-state index contributed by atoms with van der Waals surface area (Å²) in [7, 11) is 0. The molecule has 0 spiro atoms. The monoisotopic (exact) mass is 436 g/mol. The van der Waals surface area contributed by atoms with Gasteiger partial charge >= 0.3 is 0 Å². The smallest absolute Gasteiger partial charge is 0.137 e. The Morgan fingerprint density at radius 2 is 1.81 bits per heavy atom. The van der Waals surface area contributed by atoms with Gasteiger partial charge in [-0.2, -0.15) is 0 Å². The van der Waals surface area contributed by atoms with Crippen LogP contribution in [0.25, 0.3) is 22.3 Å². The Hall–Kier alpha value is -1.76. The molecule has 3 aromatic rings. The number of aromatic amines is 1. The zero-order valence-electron chi connectivity index (χ0n) is 18.4. The fourth-order valence-electron chi connectivity index (χ4n) is 6.11. The van der Waals surface area contributed by atoms with E-state index in [2.05, 4.69) is 39.0 Å². The molecule has 3 N–H and O–H groups in total. The molecule has 2 aliphatic heterocycles. The Bertz CT molecular complexity index is 1020. The molecular weight excluding hydrogens is 402 g/mol. The first-order valence-electron chi connectivity index (χ1n) is 12.3. The number of quaternary nitrogens is 1. The van der Waals surface area contributed by atoms with Crippen molar-refractivity contribution in [2.45, 2.75) is 69.2 Å². The maximum Gasteiger partial charge on any atom is 0.137 e. The summed E-state index contributed by atoms with van der Waals surface area (Å²) < 4.78 is 0. The van der Waals surface area contributed by atoms with Gasteiger partial charge in [0.15, 0.2) is 0 Å². The van der Waals surface area contributed by atoms with Crippen molar-refractivity contribution in [3.63, 3.8) is 0 Å². The van der Waals surface area contributed by atoms with Crippen LogP contribution >= 0.6 is 11.3 Å². The quantitative estimate of drug-likeness (QED) is 0.643. The number of aromatic nitrogens is 3. The van der Waals surface area contributed by atoms with Crippen LogP contribution in [0.4, 0.5) is 0 Å². The predicted molar refractivity (Wildman–Crippen MR) is 127 cm³/mol. The third-order valence-electron chi connectivity index (χ3n) is 7.96. The maximum atomic E-state index is 5.07. The predicted octanol–water partition coefficient (Wildman–Crippen LogP) is 4.25. The minimum Gasteiger partial charge on any atom is -0.346 e. The summed E-state index contributed by atoms with van der Waals surface area (Å²) in [5.41, 5.74) is 4.76. The zero-order valence-corrected chi connectivity index (χ0v) is 19.2. The van der Waals surface area contributed by atoms with E-state index in [0.29, 0.717) is 11.8 Å². The summed E-state index contributed by atoms with van der Waals surface area (Å²) in [5.74, 6) is 1.30. The van der Waals surface area contributed by atoms with Crippen molar-refractivity contribution in [1.82, 2.24) is 19.9 Å². The molecule has 0 atom stereocenters. The average molecular weight is 437 g/mol. The van der Waals surface area contributed by atoms with E-state index in [9.17, 15) is 0 Å². The zero-order chi connectivity index (χ0) is 20.6. The Balaban J connectivity index is 1.21. The number of nitrogens with one attached hydrogen (secondary N) is 1. The van der Waals surface area contributed by atoms with Crippen LogP contribution in [0.2, 0.25) is 0 Å². The largest absolute Gasteiger partial charge is 0.346 e. The molecule has 5 nitrogen and oxygen atoms in total. The van der Waals surface area contributed by atoms with Crippen LogP contribution in [0.5, 0.6) is 0 Å². The van der Waals surface area contributed by atoms with Crippen LogP contribution in [0.1, 0.15) is 73.8 Å². The van der Waals surface area contributed by atoms with Gasteiger partial charge in [0.25, 0.3) is 0 Å². The van der Waals surface area contributed by atoms with Crippen LogP contribution < -0.4 is 5.32 Å². The van der Waals surface area contributed by atoms with Crippen LogP contribution in [0, 0.1) is 0 Å². The number of rotatable bonds is 4. The second-order valence-corrected chi connectivity index (χ2v) is 10.7. The van der Waals surface area contributed by atoms with Gasteiger partial charge in [0.1, 0.15) is 5.65 Å². The number of nitrogens with zero attached hydrogens (tertiary/aromatic N) is 3. The van der Waals surface area contributed by atoms with E-state index in [0.717, 1.165) is 17.4 Å². The first-order chi connectivity index (χ1) is 15.3. The van der Waals surface area contributed by atoms with Crippen LogP contribution in [0.15, 0.2) is 23.8 Å². The van der Waals surface area contributed by atoms with Crippen molar-refractivity contribution in [3.8, 4) is 11.3 Å². The second kappa shape index (κ2) is 8.64. The summed E-state index contributed by atoms with van der Waals surface area (Å²) in [6.07, 6.45) is 14.8. The first-order valence-corrected chi connectivity index (χ1v) is 13.2. The highest BCUT2D eigenvalue weighted by Crippen LogP contribution is 2.38. The molecule has 0 unspecified atom stereocenters. The van der Waals surface area contributed by atoms with Crippen molar-refractivity contribution in [1.29, 1.82) is 0 Å². The molecule has 2 saturated heterocycles. The number of nitrogens with two attached hydrogens (primary N) is 1. The molecule has 0 aromatic carbocycles. The van der Waals surface area contributed by atoms with Gasteiger partial charge in [-0.3, -0.25) is 0 Å². The number of H-pyrrole nitrogens is 1. The van der Waals surface area contributed by atoms with Gasteiger partial charge in [-0.15, -0.1) is 11.3 Å². The van der Waals surface area contributed by atoms with Crippen LogP contribution in [0.3, 0.4) is 0 Å². The van der Waals surface area contributed by atoms with E-state index in [1.54, 1.807) is 0 Å². The average Bonchev–Trinajstić information content (AvgIpc) is 3.60. The number of thiazole rings is 1. The normalized spacial score (nSPS) is 26.1. The lowest BCUT2D eigenvalue weighted by Gasteiger charge is -2.34. The molecule has 0 amide bonds. The third kappa shape index (κ3) is 3.94. The third-order valence-corrected chi connectivity index (χ3v) is 8.97. The summed E-state index contributed by atoms with van der Waals surface area (Å²) in [5, 5.41) is 7.25. The Morgan fingerprint density at radius 1 is 1.00 bits per heavy atom. The number of hydrogen-bond donors (Lipinski definition) is 2. The van der Waals surface area contributed by atoms with Crippen LogP contribution in [-0.4, -0.2) is 52.1 Å². The highest BCUT2D eigenvalue weighted by atomic mass is 32.1. The molecule has 0 radical (unpaired) electrons. The van der Waals surface area contributed by atoms with Crippen molar-refractivity contribution < 1.29 is 5.32 Å². The summed E-state index contributed by atoms with van der Waals surface area (Å²) >= 11 is 1.84. The van der Waals surface area contributed by atoms with Crippen LogP contribution in [-0.2, 0) is 0 Å². The van der Waals surface area contributed by atoms with Gasteiger partial charge < -0.3 is 15.2 Å². The molecule has 5 heterocycles. The van der Waals surface area contributed by atoms with E-state index < -0.39 is 0 Å². The van der Waals surface area contributed by atoms with Gasteiger partial charge in [0, 0.05) is 53.5 Å². The maximum absolute atomic E-state index is 5.07. The van der Waals surface area contributed by atoms with Gasteiger partial charge in [0.2, 0.25) is 0 Å². The SMILES string of the molecule is c1nc2[nH]cc(-c3csc(C4CC[NH2+]CC4)n3)c2cc1C1CCC(N2CCCC2)CC1. The van der Waals surface area contributed by atoms with E-state index in [1.165, 1.54) is 99.1 Å². The van der Waals surface area contributed by atoms with Gasteiger partial charge in [-0.25, -0.2) is 9.97 Å². The Labute approximate surface area is 188 Å². The molecule has 1 aliphatic carbocycles. The molecule has 6 heteroatoms. The summed E-state index contributed by atoms with van der Waals surface area (Å²) in [4.78, 5) is 16.0. The summed E-state index contributed by atoms with van der Waals surface area (Å²) in [6, 6.07) is 3.23. The number of pyridine rings is 1. The second-order valence-electron chi connectivity index (χ2n) is 9.83. The Kier molecular flexibility index (Phi) is 5.55. The number of likely N-dealkylation sites (tertiary alicyclic amines) is 1. The van der Waals surface area contributed by atoms with Crippen molar-refractivity contribution in [2.24, 2.45) is 0 Å². The molecule has 3 aromatic heterocycles. The van der Waals surface area contributed by atoms with E-state index >= 15 is 0 Å². The topological polar surface area (TPSA) is 61.4 Å². The van der Waals surface area contributed by atoms with Crippen molar-refractivity contribution >= 4 is 22.4 Å². The van der Waals surface area contributed by atoms with Crippen molar-refractivity contribution in [3.05, 3.63) is 34.4 Å². The number of hydrogen-bond acceptors (Lipinski definition) is 4. The van der Waals surface area contributed by atoms with Gasteiger partial charge in [-0.05, 0) is 69.2 Å². The Morgan fingerprint density at radius 3 is 2.61 bits per heavy atom.